The molecule has 1 fully saturated rings. The third kappa shape index (κ3) is 4.83. The van der Waals surface area contributed by atoms with Crippen LogP contribution in [0.2, 0.25) is 0 Å². The largest absolute Gasteiger partial charge is 0.329 e. The first-order valence-electron chi connectivity index (χ1n) is 10.1. The van der Waals surface area contributed by atoms with Crippen LogP contribution in [0, 0.1) is 6.92 Å². The van der Waals surface area contributed by atoms with Crippen molar-refractivity contribution in [2.24, 2.45) is 11.5 Å². The highest BCUT2D eigenvalue weighted by Crippen LogP contribution is 2.24. The zero-order valence-electron chi connectivity index (χ0n) is 17.1. The molecule has 6 heteroatoms. The van der Waals surface area contributed by atoms with Gasteiger partial charge in [0.15, 0.2) is 0 Å². The molecule has 2 aromatic carbocycles. The van der Waals surface area contributed by atoms with Crippen molar-refractivity contribution in [2.45, 2.75) is 44.9 Å². The molecular weight excluding hydrogens is 364 g/mol. The fourth-order valence-corrected chi connectivity index (χ4v) is 3.84. The first kappa shape index (κ1) is 21.0. The van der Waals surface area contributed by atoms with Gasteiger partial charge in [-0.3, -0.25) is 9.59 Å². The van der Waals surface area contributed by atoms with Crippen LogP contribution < -0.4 is 11.5 Å². The third-order valence-corrected chi connectivity index (χ3v) is 5.49. The van der Waals surface area contributed by atoms with E-state index in [1.165, 1.54) is 0 Å². The molecule has 3 atom stereocenters. The van der Waals surface area contributed by atoms with Gasteiger partial charge in [0.2, 0.25) is 11.8 Å². The minimum absolute atomic E-state index is 0.0494. The second-order valence-electron chi connectivity index (χ2n) is 7.82. The van der Waals surface area contributed by atoms with Gasteiger partial charge in [-0.05, 0) is 25.0 Å². The van der Waals surface area contributed by atoms with E-state index < -0.39 is 12.1 Å². The molecular formula is C23H30N4O2. The maximum absolute atomic E-state index is 13.5. The average Bonchev–Trinajstić information content (AvgIpc) is 2.72. The molecule has 1 aliphatic rings. The maximum Gasteiger partial charge on any atom is 0.246 e. The molecule has 154 valence electrons. The first-order valence-corrected chi connectivity index (χ1v) is 10.1. The average molecular weight is 395 g/mol. The summed E-state index contributed by atoms with van der Waals surface area (Å²) in [4.78, 5) is 30.1. The van der Waals surface area contributed by atoms with Gasteiger partial charge in [-0.1, -0.05) is 60.2 Å². The van der Waals surface area contributed by atoms with Crippen molar-refractivity contribution < 1.29 is 9.59 Å². The Hall–Kier alpha value is -2.70. The molecule has 0 bridgehead atoms. The molecule has 3 rings (SSSR count). The number of rotatable bonds is 7. The molecule has 2 amide bonds. The zero-order valence-corrected chi connectivity index (χ0v) is 17.1. The summed E-state index contributed by atoms with van der Waals surface area (Å²) < 4.78 is 0. The lowest BCUT2D eigenvalue weighted by atomic mass is 9.96. The summed E-state index contributed by atoms with van der Waals surface area (Å²) >= 11 is 0. The van der Waals surface area contributed by atoms with Crippen molar-refractivity contribution in [1.29, 1.82) is 0 Å². The van der Waals surface area contributed by atoms with E-state index in [1.54, 1.807) is 16.7 Å². The van der Waals surface area contributed by atoms with Gasteiger partial charge >= 0.3 is 0 Å². The summed E-state index contributed by atoms with van der Waals surface area (Å²) in [6, 6.07) is 16.3. The van der Waals surface area contributed by atoms with E-state index in [9.17, 15) is 9.59 Å². The predicted octanol–water partition coefficient (Wildman–Crippen LogP) is 1.45. The third-order valence-electron chi connectivity index (χ3n) is 5.49. The molecule has 1 heterocycles. The molecule has 0 saturated carbocycles. The number of nitrogens with zero attached hydrogens (tertiary/aromatic N) is 2. The summed E-state index contributed by atoms with van der Waals surface area (Å²) in [5.41, 5.74) is 14.9. The highest BCUT2D eigenvalue weighted by Gasteiger charge is 2.44. The lowest BCUT2D eigenvalue weighted by Gasteiger charge is -2.45. The molecule has 3 unspecified atom stereocenters. The second-order valence-corrected chi connectivity index (χ2v) is 7.82. The summed E-state index contributed by atoms with van der Waals surface area (Å²) in [7, 11) is 0. The Morgan fingerprint density at radius 3 is 2.31 bits per heavy atom. The zero-order chi connectivity index (χ0) is 21.0. The lowest BCUT2D eigenvalue weighted by Crippen LogP contribution is -2.66. The Morgan fingerprint density at radius 1 is 0.966 bits per heavy atom. The fraction of sp³-hybridized carbons (Fsp3) is 0.391. The number of carbonyl (C=O) groups is 2. The maximum atomic E-state index is 13.5. The Kier molecular flexibility index (Phi) is 6.67. The van der Waals surface area contributed by atoms with Crippen LogP contribution in [0.3, 0.4) is 0 Å². The quantitative estimate of drug-likeness (QED) is 0.743. The van der Waals surface area contributed by atoms with Gasteiger partial charge < -0.3 is 21.3 Å². The summed E-state index contributed by atoms with van der Waals surface area (Å²) in [5.74, 6) is -0.131. The molecule has 6 nitrogen and oxygen atoms in total. The minimum atomic E-state index is -0.582. The van der Waals surface area contributed by atoms with Gasteiger partial charge in [-0.25, -0.2) is 0 Å². The minimum Gasteiger partial charge on any atom is -0.329 e. The highest BCUT2D eigenvalue weighted by molar-refractivity contribution is 5.97. The van der Waals surface area contributed by atoms with Crippen molar-refractivity contribution in [3.05, 3.63) is 71.3 Å². The van der Waals surface area contributed by atoms with E-state index in [0.29, 0.717) is 13.0 Å². The van der Waals surface area contributed by atoms with Crippen LogP contribution in [0.4, 0.5) is 0 Å². The predicted molar refractivity (Wildman–Crippen MR) is 114 cm³/mol. The number of aryl methyl sites for hydroxylation is 1. The van der Waals surface area contributed by atoms with Crippen LogP contribution in [-0.2, 0) is 22.6 Å². The molecule has 1 saturated heterocycles. The smallest absolute Gasteiger partial charge is 0.246 e. The van der Waals surface area contributed by atoms with E-state index >= 15 is 0 Å². The number of hydrogen-bond donors (Lipinski definition) is 2. The van der Waals surface area contributed by atoms with Gasteiger partial charge in [0.25, 0.3) is 0 Å². The van der Waals surface area contributed by atoms with Gasteiger partial charge in [0.1, 0.15) is 12.1 Å². The molecule has 0 aliphatic carbocycles. The Labute approximate surface area is 172 Å². The van der Waals surface area contributed by atoms with E-state index in [4.69, 9.17) is 11.5 Å². The van der Waals surface area contributed by atoms with Crippen molar-refractivity contribution >= 4 is 11.8 Å². The van der Waals surface area contributed by atoms with Crippen LogP contribution in [0.25, 0.3) is 0 Å². The van der Waals surface area contributed by atoms with Crippen LogP contribution >= 0.6 is 0 Å². The van der Waals surface area contributed by atoms with Gasteiger partial charge in [0.05, 0.1) is 0 Å². The van der Waals surface area contributed by atoms with Crippen LogP contribution in [0.5, 0.6) is 0 Å². The number of carbonyl (C=O) groups excluding carboxylic acids is 2. The van der Waals surface area contributed by atoms with E-state index in [1.807, 2.05) is 55.5 Å². The van der Waals surface area contributed by atoms with Crippen LogP contribution in [0.1, 0.15) is 23.6 Å². The Balaban J connectivity index is 1.91. The number of benzene rings is 2. The number of amides is 2. The monoisotopic (exact) mass is 394 g/mol. The first-order chi connectivity index (χ1) is 13.9. The van der Waals surface area contributed by atoms with Crippen molar-refractivity contribution in [3.8, 4) is 0 Å². The van der Waals surface area contributed by atoms with Gasteiger partial charge in [-0.15, -0.1) is 0 Å². The van der Waals surface area contributed by atoms with Crippen molar-refractivity contribution in [2.75, 3.05) is 13.1 Å². The summed E-state index contributed by atoms with van der Waals surface area (Å²) in [6.07, 6.45) is 0.460. The summed E-state index contributed by atoms with van der Waals surface area (Å²) in [5, 5.41) is 0. The fourth-order valence-electron chi connectivity index (χ4n) is 3.84. The van der Waals surface area contributed by atoms with Crippen molar-refractivity contribution in [3.63, 3.8) is 0 Å². The van der Waals surface area contributed by atoms with Crippen molar-refractivity contribution in [1.82, 2.24) is 9.80 Å². The van der Waals surface area contributed by atoms with Crippen LogP contribution in [0.15, 0.2) is 54.6 Å². The SMILES string of the molecule is Cc1cccc(CC2C(=O)N(Cc3ccccc3)C(C)C(=O)N2CC(N)CN)c1. The number of nitrogens with two attached hydrogens (primary N) is 2. The molecule has 4 N–H and O–H groups in total. The van der Waals surface area contributed by atoms with Gasteiger partial charge in [0, 0.05) is 32.1 Å². The highest BCUT2D eigenvalue weighted by atomic mass is 16.2. The lowest BCUT2D eigenvalue weighted by molar-refractivity contribution is -0.161. The molecule has 0 spiro atoms. The molecule has 2 aromatic rings. The molecule has 0 aromatic heterocycles. The van der Waals surface area contributed by atoms with Gasteiger partial charge in [-0.2, -0.15) is 0 Å². The Morgan fingerprint density at radius 2 is 1.66 bits per heavy atom. The number of piperazine rings is 1. The molecule has 29 heavy (non-hydrogen) atoms. The molecule has 1 aliphatic heterocycles. The topological polar surface area (TPSA) is 92.7 Å². The molecule has 0 radical (unpaired) electrons. The summed E-state index contributed by atoms with van der Waals surface area (Å²) in [6.45, 7) is 4.75. The normalized spacial score (nSPS) is 20.8. The van der Waals surface area contributed by atoms with E-state index in [-0.39, 0.29) is 30.9 Å². The number of hydrogen-bond acceptors (Lipinski definition) is 4. The Bertz CT molecular complexity index is 855. The van der Waals surface area contributed by atoms with E-state index in [0.717, 1.165) is 16.7 Å². The second kappa shape index (κ2) is 9.20. The van der Waals surface area contributed by atoms with Crippen LogP contribution in [-0.4, -0.2) is 52.8 Å². The van der Waals surface area contributed by atoms with E-state index in [2.05, 4.69) is 6.07 Å². The standard InChI is InChI=1S/C23H30N4O2/c1-16-7-6-10-19(11-16)12-21-23(29)26(14-18-8-4-3-5-9-18)17(2)22(28)27(21)15-20(25)13-24/h3-11,17,20-21H,12-15,24-25H2,1-2H3.